The molecule has 3 aromatic heterocycles. The lowest BCUT2D eigenvalue weighted by atomic mass is 10.2. The van der Waals surface area contributed by atoms with Crippen LogP contribution in [0.5, 0.6) is 0 Å². The summed E-state index contributed by atoms with van der Waals surface area (Å²) in [6.45, 7) is 0.191. The molecule has 0 fully saturated rings. The molecule has 0 amide bonds. The molecule has 3 heterocycles. The van der Waals surface area contributed by atoms with Crippen molar-refractivity contribution in [2.24, 2.45) is 0 Å². The van der Waals surface area contributed by atoms with Gasteiger partial charge in [-0.25, -0.2) is 4.98 Å². The minimum atomic E-state index is -0.130. The molecule has 1 aromatic carbocycles. The molecule has 0 spiro atoms. The smallest absolute Gasteiger partial charge is 0.261 e. The number of halogens is 1. The minimum absolute atomic E-state index is 0.130. The number of hydrogen-bond acceptors (Lipinski definition) is 6. The summed E-state index contributed by atoms with van der Waals surface area (Å²) in [5.74, 6) is 0.807. The third kappa shape index (κ3) is 2.71. The van der Waals surface area contributed by atoms with Crippen LogP contribution in [0, 0.1) is 0 Å². The SMILES string of the molecule is O=c1c2ccccc2ncn1Cc1nnc(-c2ccc(Br)s2)o1. The fraction of sp³-hybridized carbons (Fsp3) is 0.0667. The lowest BCUT2D eigenvalue weighted by Crippen LogP contribution is -2.21. The molecule has 0 unspecified atom stereocenters. The second kappa shape index (κ2) is 5.71. The Balaban J connectivity index is 1.67. The van der Waals surface area contributed by atoms with E-state index >= 15 is 0 Å². The van der Waals surface area contributed by atoms with Crippen LogP contribution in [-0.4, -0.2) is 19.7 Å². The molecule has 0 radical (unpaired) electrons. The van der Waals surface area contributed by atoms with Gasteiger partial charge in [0.05, 0.1) is 25.9 Å². The summed E-state index contributed by atoms with van der Waals surface area (Å²) in [5.41, 5.74) is 0.539. The molecule has 114 valence electrons. The van der Waals surface area contributed by atoms with Gasteiger partial charge >= 0.3 is 0 Å². The van der Waals surface area contributed by atoms with Gasteiger partial charge in [-0.3, -0.25) is 9.36 Å². The number of aromatic nitrogens is 4. The summed E-state index contributed by atoms with van der Waals surface area (Å²) in [4.78, 5) is 17.6. The summed E-state index contributed by atoms with van der Waals surface area (Å²) < 4.78 is 8.08. The first-order chi connectivity index (χ1) is 11.2. The Hall–Kier alpha value is -2.32. The van der Waals surface area contributed by atoms with Gasteiger partial charge in [0, 0.05) is 0 Å². The molecular weight excluding hydrogens is 380 g/mol. The Morgan fingerprint density at radius 3 is 2.87 bits per heavy atom. The molecule has 4 rings (SSSR count). The van der Waals surface area contributed by atoms with E-state index in [0.717, 1.165) is 8.66 Å². The van der Waals surface area contributed by atoms with Crippen molar-refractivity contribution in [3.05, 3.63) is 62.8 Å². The van der Waals surface area contributed by atoms with E-state index in [-0.39, 0.29) is 12.1 Å². The molecule has 4 aromatic rings. The summed E-state index contributed by atoms with van der Waals surface area (Å²) in [5, 5.41) is 8.60. The van der Waals surface area contributed by atoms with Crippen molar-refractivity contribution in [3.8, 4) is 10.8 Å². The Bertz CT molecular complexity index is 1050. The van der Waals surface area contributed by atoms with Crippen molar-refractivity contribution in [1.82, 2.24) is 19.7 Å². The third-order valence-electron chi connectivity index (χ3n) is 3.29. The summed E-state index contributed by atoms with van der Waals surface area (Å²) in [7, 11) is 0. The lowest BCUT2D eigenvalue weighted by molar-refractivity contribution is 0.484. The fourth-order valence-electron chi connectivity index (χ4n) is 2.21. The van der Waals surface area contributed by atoms with Crippen molar-refractivity contribution in [2.45, 2.75) is 6.54 Å². The Labute approximate surface area is 142 Å². The molecule has 6 nitrogen and oxygen atoms in total. The van der Waals surface area contributed by atoms with E-state index < -0.39 is 0 Å². The van der Waals surface area contributed by atoms with Crippen molar-refractivity contribution >= 4 is 38.2 Å². The zero-order valence-corrected chi connectivity index (χ0v) is 14.0. The van der Waals surface area contributed by atoms with Crippen molar-refractivity contribution < 1.29 is 4.42 Å². The van der Waals surface area contributed by atoms with Gasteiger partial charge in [0.15, 0.2) is 0 Å². The van der Waals surface area contributed by atoms with Crippen molar-refractivity contribution in [2.75, 3.05) is 0 Å². The monoisotopic (exact) mass is 388 g/mol. The molecule has 0 bridgehead atoms. The maximum absolute atomic E-state index is 12.4. The first-order valence-electron chi connectivity index (χ1n) is 6.73. The van der Waals surface area contributed by atoms with E-state index in [1.54, 1.807) is 12.1 Å². The predicted octanol–water partition coefficient (Wildman–Crippen LogP) is 3.32. The molecule has 0 aliphatic heterocycles. The van der Waals surface area contributed by atoms with Crippen LogP contribution in [0.15, 0.2) is 55.7 Å². The average molecular weight is 389 g/mol. The van der Waals surface area contributed by atoms with Gasteiger partial charge in [-0.15, -0.1) is 21.5 Å². The maximum Gasteiger partial charge on any atom is 0.261 e. The number of benzene rings is 1. The normalized spacial score (nSPS) is 11.2. The molecule has 0 aliphatic rings. The number of thiophene rings is 1. The van der Waals surface area contributed by atoms with Gasteiger partial charge in [-0.05, 0) is 40.2 Å². The van der Waals surface area contributed by atoms with Gasteiger partial charge in [0.25, 0.3) is 11.4 Å². The van der Waals surface area contributed by atoms with Crippen molar-refractivity contribution in [3.63, 3.8) is 0 Å². The summed E-state index contributed by atoms with van der Waals surface area (Å²) in [6.07, 6.45) is 1.50. The Morgan fingerprint density at radius 2 is 2.04 bits per heavy atom. The zero-order chi connectivity index (χ0) is 15.8. The number of hydrogen-bond donors (Lipinski definition) is 0. The summed E-state index contributed by atoms with van der Waals surface area (Å²) >= 11 is 4.90. The van der Waals surface area contributed by atoms with Gasteiger partial charge in [-0.1, -0.05) is 12.1 Å². The minimum Gasteiger partial charge on any atom is -0.418 e. The van der Waals surface area contributed by atoms with Crippen molar-refractivity contribution in [1.29, 1.82) is 0 Å². The number of para-hydroxylation sites is 1. The highest BCUT2D eigenvalue weighted by Crippen LogP contribution is 2.30. The van der Waals surface area contributed by atoms with Gasteiger partial charge in [-0.2, -0.15) is 0 Å². The number of rotatable bonds is 3. The van der Waals surface area contributed by atoms with Crippen LogP contribution in [0.3, 0.4) is 0 Å². The predicted molar refractivity (Wildman–Crippen MR) is 90.4 cm³/mol. The number of nitrogens with zero attached hydrogens (tertiary/aromatic N) is 4. The van der Waals surface area contributed by atoms with Crippen LogP contribution in [-0.2, 0) is 6.54 Å². The number of fused-ring (bicyclic) bond motifs is 1. The van der Waals surface area contributed by atoms with Crippen LogP contribution in [0.25, 0.3) is 21.7 Å². The molecule has 0 aliphatic carbocycles. The largest absolute Gasteiger partial charge is 0.418 e. The van der Waals surface area contributed by atoms with Crippen LogP contribution < -0.4 is 5.56 Å². The van der Waals surface area contributed by atoms with E-state index in [4.69, 9.17) is 4.42 Å². The van der Waals surface area contributed by atoms with Gasteiger partial charge in [0.2, 0.25) is 5.89 Å². The highest BCUT2D eigenvalue weighted by molar-refractivity contribution is 9.11. The first-order valence-corrected chi connectivity index (χ1v) is 8.34. The van der Waals surface area contributed by atoms with Gasteiger partial charge in [0.1, 0.15) is 6.54 Å². The molecule has 0 saturated carbocycles. The first kappa shape index (κ1) is 14.3. The second-order valence-electron chi connectivity index (χ2n) is 4.80. The van der Waals surface area contributed by atoms with E-state index in [1.165, 1.54) is 22.2 Å². The van der Waals surface area contributed by atoms with Crippen LogP contribution >= 0.6 is 27.3 Å². The van der Waals surface area contributed by atoms with E-state index in [1.807, 2.05) is 24.3 Å². The topological polar surface area (TPSA) is 73.8 Å². The lowest BCUT2D eigenvalue weighted by Gasteiger charge is -2.03. The third-order valence-corrected chi connectivity index (χ3v) is 4.90. The standard InChI is InChI=1S/C15H9BrN4O2S/c16-12-6-5-11(23-12)14-19-18-13(22-14)7-20-8-17-10-4-2-1-3-9(10)15(20)21/h1-6,8H,7H2. The average Bonchev–Trinajstić information content (AvgIpc) is 3.19. The van der Waals surface area contributed by atoms with Crippen LogP contribution in [0.1, 0.15) is 5.89 Å². The summed E-state index contributed by atoms with van der Waals surface area (Å²) in [6, 6.07) is 11.0. The van der Waals surface area contributed by atoms with Crippen LogP contribution in [0.2, 0.25) is 0 Å². The Morgan fingerprint density at radius 1 is 1.17 bits per heavy atom. The van der Waals surface area contributed by atoms with E-state index in [2.05, 4.69) is 31.1 Å². The quantitative estimate of drug-likeness (QED) is 0.538. The van der Waals surface area contributed by atoms with E-state index in [9.17, 15) is 4.79 Å². The fourth-order valence-corrected chi connectivity index (χ4v) is 3.52. The maximum atomic E-state index is 12.4. The van der Waals surface area contributed by atoms with Crippen LogP contribution in [0.4, 0.5) is 0 Å². The molecule has 23 heavy (non-hydrogen) atoms. The van der Waals surface area contributed by atoms with E-state index in [0.29, 0.717) is 22.7 Å². The molecule has 0 atom stereocenters. The molecule has 0 saturated heterocycles. The zero-order valence-electron chi connectivity index (χ0n) is 11.6. The Kier molecular flexibility index (Phi) is 3.55. The highest BCUT2D eigenvalue weighted by Gasteiger charge is 2.12. The highest BCUT2D eigenvalue weighted by atomic mass is 79.9. The molecular formula is C15H9BrN4O2S. The van der Waals surface area contributed by atoms with Gasteiger partial charge < -0.3 is 4.42 Å². The molecule has 8 heteroatoms. The second-order valence-corrected chi connectivity index (χ2v) is 7.26. The molecule has 0 N–H and O–H groups in total.